The van der Waals surface area contributed by atoms with Crippen molar-refractivity contribution < 1.29 is 37.6 Å². The van der Waals surface area contributed by atoms with E-state index >= 15 is 0 Å². The van der Waals surface area contributed by atoms with Crippen molar-refractivity contribution in [2.45, 2.75) is 6.92 Å². The van der Waals surface area contributed by atoms with Gasteiger partial charge in [0.05, 0.1) is 5.97 Å². The van der Waals surface area contributed by atoms with E-state index in [1.807, 2.05) is 31.2 Å². The van der Waals surface area contributed by atoms with Crippen molar-refractivity contribution >= 4 is 16.7 Å². The topological polar surface area (TPSA) is 40.1 Å². The Kier molecular flexibility index (Phi) is 3.86. The molecule has 0 atom stereocenters. The van der Waals surface area contributed by atoms with Crippen LogP contribution in [0, 0.1) is 6.92 Å². The minimum Gasteiger partial charge on any atom is -0.545 e. The molecular weight excluding hydrogens is 377 g/mol. The first kappa shape index (κ1) is 12.2. The van der Waals surface area contributed by atoms with Crippen molar-refractivity contribution in [3.63, 3.8) is 0 Å². The van der Waals surface area contributed by atoms with E-state index in [9.17, 15) is 9.90 Å². The summed E-state index contributed by atoms with van der Waals surface area (Å²) in [5.41, 5.74) is 1.20. The summed E-state index contributed by atoms with van der Waals surface area (Å²) in [6.45, 7) is 1.90. The maximum absolute atomic E-state index is 10.7. The Morgan fingerprint density at radius 2 is 1.87 bits per heavy atom. The number of carboxylic acid groups (broad SMARTS) is 1. The molecule has 0 saturated carbocycles. The summed E-state index contributed by atoms with van der Waals surface area (Å²) in [6.07, 6.45) is 0. The maximum Gasteiger partial charge on any atom is 1.00 e. The molecule has 1 radical (unpaired) electrons. The zero-order chi connectivity index (χ0) is 10.1. The Morgan fingerprint density at radius 3 is 2.53 bits per heavy atom. The second kappa shape index (κ2) is 4.75. The average molecular weight is 386 g/mol. The molecule has 0 fully saturated rings. The van der Waals surface area contributed by atoms with Crippen LogP contribution in [0.4, 0.5) is 0 Å². The van der Waals surface area contributed by atoms with Gasteiger partial charge in [-0.05, 0) is 41.0 Å². The van der Waals surface area contributed by atoms with E-state index in [-0.39, 0.29) is 33.2 Å². The van der Waals surface area contributed by atoms with Gasteiger partial charge in [0.1, 0.15) is 0 Å². The molecule has 71 valence electrons. The Balaban J connectivity index is 0.00000112. The van der Waals surface area contributed by atoms with Gasteiger partial charge in [0.25, 0.3) is 0 Å². The summed E-state index contributed by atoms with van der Waals surface area (Å²) >= 11 is 0. The van der Waals surface area contributed by atoms with Crippen LogP contribution in [0.25, 0.3) is 10.8 Å². The Bertz CT molecular complexity index is 506. The van der Waals surface area contributed by atoms with Crippen LogP contribution in [0.3, 0.4) is 0 Å². The number of carboxylic acids is 1. The fraction of sp³-hybridized carbons (Fsp3) is 0.0833. The van der Waals surface area contributed by atoms with Gasteiger partial charge in [0.15, 0.2) is 0 Å². The number of fused-ring (bicyclic) bond motifs is 1. The van der Waals surface area contributed by atoms with Gasteiger partial charge in [-0.25, -0.2) is 0 Å². The standard InChI is InChI=1S/C12H10O2.Hg/c1-8-6-10(12(13)14)7-9-4-2-3-5-11(8)9;/h2-7H,1H3,(H,13,14);/q;+1/p-1. The molecule has 0 bridgehead atoms. The zero-order valence-corrected chi connectivity index (χ0v) is 14.0. The first-order chi connectivity index (χ1) is 6.68. The molecule has 0 aliphatic carbocycles. The molecular formula is C12H9HgO2. The van der Waals surface area contributed by atoms with E-state index < -0.39 is 5.97 Å². The van der Waals surface area contributed by atoms with Crippen molar-refractivity contribution in [3.05, 3.63) is 47.5 Å². The molecule has 0 saturated heterocycles. The Hall–Kier alpha value is -0.895. The number of rotatable bonds is 1. The molecule has 0 unspecified atom stereocenters. The van der Waals surface area contributed by atoms with Gasteiger partial charge in [-0.3, -0.25) is 0 Å². The zero-order valence-electron chi connectivity index (χ0n) is 8.49. The van der Waals surface area contributed by atoms with Gasteiger partial charge in [0, 0.05) is 0 Å². The Labute approximate surface area is 108 Å². The molecule has 0 aliphatic heterocycles. The van der Waals surface area contributed by atoms with E-state index in [1.165, 1.54) is 0 Å². The molecule has 2 rings (SSSR count). The number of hydrogen-bond acceptors (Lipinski definition) is 2. The predicted octanol–water partition coefficient (Wildman–Crippen LogP) is 1.51. The quantitative estimate of drug-likeness (QED) is 0.698. The summed E-state index contributed by atoms with van der Waals surface area (Å²) in [5, 5.41) is 12.7. The van der Waals surface area contributed by atoms with Crippen LogP contribution < -0.4 is 5.11 Å². The predicted molar refractivity (Wildman–Crippen MR) is 53.0 cm³/mol. The SMILES string of the molecule is Cc1cc(C(=O)[O-])cc2ccccc12.[Hg+]. The molecule has 0 spiro atoms. The number of aromatic carboxylic acids is 1. The second-order valence-corrected chi connectivity index (χ2v) is 3.30. The summed E-state index contributed by atoms with van der Waals surface area (Å²) in [7, 11) is 0. The summed E-state index contributed by atoms with van der Waals surface area (Å²) in [5.74, 6) is -1.13. The van der Waals surface area contributed by atoms with Crippen LogP contribution >= 0.6 is 0 Å². The fourth-order valence-electron chi connectivity index (χ4n) is 1.62. The third-order valence-electron chi connectivity index (χ3n) is 2.30. The number of carbonyl (C=O) groups is 1. The van der Waals surface area contributed by atoms with Crippen LogP contribution in [0.1, 0.15) is 15.9 Å². The summed E-state index contributed by atoms with van der Waals surface area (Å²) in [6, 6.07) is 11.0. The van der Waals surface area contributed by atoms with Gasteiger partial charge in [-0.2, -0.15) is 0 Å². The molecule has 15 heavy (non-hydrogen) atoms. The van der Waals surface area contributed by atoms with Crippen molar-refractivity contribution in [1.82, 2.24) is 0 Å². The van der Waals surface area contributed by atoms with Crippen LogP contribution in [-0.2, 0) is 27.7 Å². The fourth-order valence-corrected chi connectivity index (χ4v) is 1.62. The first-order valence-electron chi connectivity index (χ1n) is 4.39. The van der Waals surface area contributed by atoms with Crippen LogP contribution in [0.15, 0.2) is 36.4 Å². The first-order valence-corrected chi connectivity index (χ1v) is 4.39. The van der Waals surface area contributed by atoms with Crippen molar-refractivity contribution in [3.8, 4) is 0 Å². The smallest absolute Gasteiger partial charge is 0.545 e. The molecule has 0 aliphatic rings. The normalized spacial score (nSPS) is 9.67. The molecule has 2 aromatic carbocycles. The van der Waals surface area contributed by atoms with Crippen LogP contribution in [0.2, 0.25) is 0 Å². The van der Waals surface area contributed by atoms with Gasteiger partial charge >= 0.3 is 27.7 Å². The number of hydrogen-bond donors (Lipinski definition) is 0. The molecule has 2 aromatic rings. The van der Waals surface area contributed by atoms with Crippen molar-refractivity contribution in [2.75, 3.05) is 0 Å². The van der Waals surface area contributed by atoms with E-state index in [0.717, 1.165) is 16.3 Å². The van der Waals surface area contributed by atoms with Crippen LogP contribution in [0.5, 0.6) is 0 Å². The monoisotopic (exact) mass is 387 g/mol. The number of aryl methyl sites for hydroxylation is 1. The van der Waals surface area contributed by atoms with E-state index in [1.54, 1.807) is 12.1 Å². The van der Waals surface area contributed by atoms with Crippen molar-refractivity contribution in [2.24, 2.45) is 0 Å². The Morgan fingerprint density at radius 1 is 1.20 bits per heavy atom. The van der Waals surface area contributed by atoms with Gasteiger partial charge < -0.3 is 9.90 Å². The van der Waals surface area contributed by atoms with E-state index in [4.69, 9.17) is 0 Å². The van der Waals surface area contributed by atoms with Gasteiger partial charge in [-0.15, -0.1) is 0 Å². The maximum atomic E-state index is 10.7. The minimum atomic E-state index is -1.13. The number of benzene rings is 2. The molecule has 0 heterocycles. The second-order valence-electron chi connectivity index (χ2n) is 3.30. The van der Waals surface area contributed by atoms with Crippen LogP contribution in [-0.4, -0.2) is 5.97 Å². The third kappa shape index (κ3) is 2.37. The molecule has 0 N–H and O–H groups in total. The average Bonchev–Trinajstić information content (AvgIpc) is 2.17. The summed E-state index contributed by atoms with van der Waals surface area (Å²) < 4.78 is 0. The largest absolute Gasteiger partial charge is 1.00 e. The van der Waals surface area contributed by atoms with E-state index in [2.05, 4.69) is 0 Å². The van der Waals surface area contributed by atoms with E-state index in [0.29, 0.717) is 0 Å². The van der Waals surface area contributed by atoms with Gasteiger partial charge in [0.2, 0.25) is 0 Å². The molecule has 0 amide bonds. The minimum absolute atomic E-state index is 0. The molecule has 3 heteroatoms. The summed E-state index contributed by atoms with van der Waals surface area (Å²) in [4.78, 5) is 10.7. The number of carbonyl (C=O) groups excluding carboxylic acids is 1. The van der Waals surface area contributed by atoms with Crippen molar-refractivity contribution in [1.29, 1.82) is 0 Å². The molecule has 0 aromatic heterocycles. The third-order valence-corrected chi connectivity index (χ3v) is 2.30. The molecule has 2 nitrogen and oxygen atoms in total. The van der Waals surface area contributed by atoms with Gasteiger partial charge in [-0.1, -0.05) is 24.3 Å².